The third-order valence-corrected chi connectivity index (χ3v) is 1.70. The Morgan fingerprint density at radius 3 is 3.20 bits per heavy atom. The standard InChI is InChI=1S/C7H9N7O/c15-7(4-14-2-1-10-13-14)8-3-6-9-5-11-12-6/h1-2,5H,3-4H2,(H,8,15)(H,9,11,12). The van der Waals surface area contributed by atoms with Gasteiger partial charge in [0, 0.05) is 6.20 Å². The average molecular weight is 207 g/mol. The van der Waals surface area contributed by atoms with Crippen LogP contribution in [0.15, 0.2) is 18.7 Å². The summed E-state index contributed by atoms with van der Waals surface area (Å²) in [6.45, 7) is 0.474. The number of hydrogen-bond acceptors (Lipinski definition) is 5. The summed E-state index contributed by atoms with van der Waals surface area (Å²) in [7, 11) is 0. The van der Waals surface area contributed by atoms with E-state index in [1.165, 1.54) is 17.2 Å². The van der Waals surface area contributed by atoms with Crippen LogP contribution in [0.2, 0.25) is 0 Å². The van der Waals surface area contributed by atoms with Crippen molar-refractivity contribution in [3.8, 4) is 0 Å². The molecule has 0 aliphatic rings. The second kappa shape index (κ2) is 4.31. The highest BCUT2D eigenvalue weighted by Crippen LogP contribution is 1.85. The van der Waals surface area contributed by atoms with Gasteiger partial charge in [-0.3, -0.25) is 9.89 Å². The minimum absolute atomic E-state index is 0.147. The summed E-state index contributed by atoms with van der Waals surface area (Å²) in [6.07, 6.45) is 4.52. The summed E-state index contributed by atoms with van der Waals surface area (Å²) in [5.74, 6) is 0.457. The van der Waals surface area contributed by atoms with Crippen molar-refractivity contribution >= 4 is 5.91 Å². The van der Waals surface area contributed by atoms with Crippen molar-refractivity contribution < 1.29 is 4.79 Å². The fourth-order valence-corrected chi connectivity index (χ4v) is 1.02. The van der Waals surface area contributed by atoms with E-state index >= 15 is 0 Å². The van der Waals surface area contributed by atoms with Gasteiger partial charge in [0.15, 0.2) is 0 Å². The Bertz CT molecular complexity index is 406. The van der Waals surface area contributed by atoms with Crippen molar-refractivity contribution in [3.05, 3.63) is 24.5 Å². The number of nitrogens with zero attached hydrogens (tertiary/aromatic N) is 5. The first-order valence-electron chi connectivity index (χ1n) is 4.29. The molecule has 78 valence electrons. The van der Waals surface area contributed by atoms with Crippen molar-refractivity contribution in [1.82, 2.24) is 35.5 Å². The molecule has 0 aliphatic carbocycles. The molecule has 0 radical (unpaired) electrons. The largest absolute Gasteiger partial charge is 0.347 e. The fraction of sp³-hybridized carbons (Fsp3) is 0.286. The van der Waals surface area contributed by atoms with Gasteiger partial charge in [-0.2, -0.15) is 5.10 Å². The van der Waals surface area contributed by atoms with Gasteiger partial charge >= 0.3 is 0 Å². The Morgan fingerprint density at radius 1 is 1.60 bits per heavy atom. The number of aromatic amines is 1. The second-order valence-electron chi connectivity index (χ2n) is 2.81. The summed E-state index contributed by atoms with van der Waals surface area (Å²) in [5, 5.41) is 16.2. The Hall–Kier alpha value is -2.25. The van der Waals surface area contributed by atoms with Crippen LogP contribution < -0.4 is 5.32 Å². The van der Waals surface area contributed by atoms with Gasteiger partial charge in [-0.05, 0) is 0 Å². The molecule has 8 heteroatoms. The predicted octanol–water partition coefficient (Wildman–Crippen LogP) is -1.29. The van der Waals surface area contributed by atoms with Crippen LogP contribution in [0.1, 0.15) is 5.82 Å². The van der Waals surface area contributed by atoms with Gasteiger partial charge < -0.3 is 5.32 Å². The molecule has 2 aromatic heterocycles. The average Bonchev–Trinajstić information content (AvgIpc) is 2.86. The minimum Gasteiger partial charge on any atom is -0.347 e. The lowest BCUT2D eigenvalue weighted by molar-refractivity contribution is -0.122. The SMILES string of the molecule is O=C(Cn1ccnn1)NCc1ncn[nH]1. The van der Waals surface area contributed by atoms with Crippen LogP contribution in [-0.4, -0.2) is 36.1 Å². The molecule has 2 rings (SSSR count). The first kappa shape index (κ1) is 9.31. The highest BCUT2D eigenvalue weighted by Gasteiger charge is 2.03. The lowest BCUT2D eigenvalue weighted by Gasteiger charge is -2.01. The molecule has 0 unspecified atom stereocenters. The molecule has 2 N–H and O–H groups in total. The number of rotatable bonds is 4. The van der Waals surface area contributed by atoms with E-state index < -0.39 is 0 Å². The lowest BCUT2D eigenvalue weighted by atomic mass is 10.5. The number of nitrogens with one attached hydrogen (secondary N) is 2. The zero-order valence-electron chi connectivity index (χ0n) is 7.79. The molecule has 15 heavy (non-hydrogen) atoms. The molecule has 0 saturated heterocycles. The number of carbonyl (C=O) groups is 1. The summed E-state index contributed by atoms with van der Waals surface area (Å²) in [6, 6.07) is 0. The fourth-order valence-electron chi connectivity index (χ4n) is 1.02. The summed E-state index contributed by atoms with van der Waals surface area (Å²) < 4.78 is 1.44. The topological polar surface area (TPSA) is 101 Å². The van der Waals surface area contributed by atoms with E-state index in [-0.39, 0.29) is 12.5 Å². The van der Waals surface area contributed by atoms with E-state index in [0.29, 0.717) is 12.4 Å². The molecule has 0 fully saturated rings. The quantitative estimate of drug-likeness (QED) is 0.649. The molecule has 0 atom stereocenters. The molecular formula is C7H9N7O. The van der Waals surface area contributed by atoms with E-state index in [1.54, 1.807) is 6.20 Å². The summed E-state index contributed by atoms with van der Waals surface area (Å²) in [4.78, 5) is 15.2. The Balaban J connectivity index is 1.78. The van der Waals surface area contributed by atoms with Gasteiger partial charge in [-0.1, -0.05) is 5.21 Å². The van der Waals surface area contributed by atoms with Gasteiger partial charge in [0.05, 0.1) is 12.7 Å². The number of aromatic nitrogens is 6. The third-order valence-electron chi connectivity index (χ3n) is 1.70. The second-order valence-corrected chi connectivity index (χ2v) is 2.81. The number of hydrogen-bond donors (Lipinski definition) is 2. The minimum atomic E-state index is -0.156. The molecule has 0 aromatic carbocycles. The highest BCUT2D eigenvalue weighted by molar-refractivity contribution is 5.75. The highest BCUT2D eigenvalue weighted by atomic mass is 16.2. The summed E-state index contributed by atoms with van der Waals surface area (Å²) >= 11 is 0. The van der Waals surface area contributed by atoms with Crippen molar-refractivity contribution in [3.63, 3.8) is 0 Å². The van der Waals surface area contributed by atoms with E-state index in [4.69, 9.17) is 0 Å². The Morgan fingerprint density at radius 2 is 2.53 bits per heavy atom. The van der Waals surface area contributed by atoms with Crippen LogP contribution in [0.25, 0.3) is 0 Å². The van der Waals surface area contributed by atoms with Crippen molar-refractivity contribution in [2.75, 3.05) is 0 Å². The van der Waals surface area contributed by atoms with Crippen LogP contribution >= 0.6 is 0 Å². The van der Waals surface area contributed by atoms with E-state index in [1.807, 2.05) is 0 Å². The van der Waals surface area contributed by atoms with Crippen molar-refractivity contribution in [2.24, 2.45) is 0 Å². The molecule has 0 saturated carbocycles. The first-order chi connectivity index (χ1) is 7.34. The molecule has 0 spiro atoms. The molecule has 2 heterocycles. The third kappa shape index (κ3) is 2.59. The van der Waals surface area contributed by atoms with E-state index in [2.05, 4.69) is 30.8 Å². The molecule has 8 nitrogen and oxygen atoms in total. The first-order valence-corrected chi connectivity index (χ1v) is 4.29. The van der Waals surface area contributed by atoms with Crippen LogP contribution in [0.3, 0.4) is 0 Å². The van der Waals surface area contributed by atoms with Crippen LogP contribution in [0.5, 0.6) is 0 Å². The van der Waals surface area contributed by atoms with Gasteiger partial charge in [0.1, 0.15) is 18.7 Å². The molecule has 2 aromatic rings. The van der Waals surface area contributed by atoms with Crippen LogP contribution in [0, 0.1) is 0 Å². The predicted molar refractivity (Wildman–Crippen MR) is 48.3 cm³/mol. The maximum absolute atomic E-state index is 11.3. The normalized spacial score (nSPS) is 10.1. The molecule has 1 amide bonds. The number of carbonyl (C=O) groups excluding carboxylic acids is 1. The molecule has 0 bridgehead atoms. The van der Waals surface area contributed by atoms with Crippen molar-refractivity contribution in [1.29, 1.82) is 0 Å². The number of H-pyrrole nitrogens is 1. The zero-order valence-corrected chi connectivity index (χ0v) is 7.79. The number of amides is 1. The Kier molecular flexibility index (Phi) is 2.68. The zero-order chi connectivity index (χ0) is 10.5. The smallest absolute Gasteiger partial charge is 0.242 e. The summed E-state index contributed by atoms with van der Waals surface area (Å²) in [5.41, 5.74) is 0. The molecular weight excluding hydrogens is 198 g/mol. The molecule has 0 aliphatic heterocycles. The van der Waals surface area contributed by atoms with Gasteiger partial charge in [-0.25, -0.2) is 9.67 Å². The van der Waals surface area contributed by atoms with Crippen LogP contribution in [-0.2, 0) is 17.9 Å². The van der Waals surface area contributed by atoms with Crippen molar-refractivity contribution in [2.45, 2.75) is 13.1 Å². The monoisotopic (exact) mass is 207 g/mol. The van der Waals surface area contributed by atoms with E-state index in [0.717, 1.165) is 0 Å². The van der Waals surface area contributed by atoms with Gasteiger partial charge in [0.25, 0.3) is 0 Å². The van der Waals surface area contributed by atoms with Gasteiger partial charge in [-0.15, -0.1) is 5.10 Å². The van der Waals surface area contributed by atoms with E-state index in [9.17, 15) is 4.79 Å². The van der Waals surface area contributed by atoms with Crippen LogP contribution in [0.4, 0.5) is 0 Å². The maximum atomic E-state index is 11.3. The maximum Gasteiger partial charge on any atom is 0.242 e. The van der Waals surface area contributed by atoms with Gasteiger partial charge in [0.2, 0.25) is 5.91 Å². The Labute approximate surface area is 84.7 Å². The lowest BCUT2D eigenvalue weighted by Crippen LogP contribution is -2.27.